The van der Waals surface area contributed by atoms with Crippen LogP contribution in [-0.4, -0.2) is 55.3 Å². The Morgan fingerprint density at radius 2 is 1.77 bits per heavy atom. The summed E-state index contributed by atoms with van der Waals surface area (Å²) in [6.45, 7) is 3.75. The van der Waals surface area contributed by atoms with Crippen molar-refractivity contribution in [1.82, 2.24) is 15.1 Å². The first kappa shape index (κ1) is 20.4. The van der Waals surface area contributed by atoms with Crippen molar-refractivity contribution in [1.29, 1.82) is 0 Å². The first-order chi connectivity index (χ1) is 12.3. The van der Waals surface area contributed by atoms with Crippen molar-refractivity contribution in [2.75, 3.05) is 33.7 Å². The predicted octanol–water partition coefficient (Wildman–Crippen LogP) is 3.03. The van der Waals surface area contributed by atoms with Crippen molar-refractivity contribution in [3.8, 4) is 0 Å². The summed E-state index contributed by atoms with van der Waals surface area (Å²) in [6.07, 6.45) is 0. The van der Waals surface area contributed by atoms with Gasteiger partial charge in [-0.3, -0.25) is 9.59 Å². The second-order valence-corrected chi connectivity index (χ2v) is 8.06. The molecule has 140 valence electrons. The molecule has 2 aromatic rings. The highest BCUT2D eigenvalue weighted by atomic mass is 35.5. The fourth-order valence-electron chi connectivity index (χ4n) is 2.33. The van der Waals surface area contributed by atoms with Crippen LogP contribution < -0.4 is 5.32 Å². The predicted molar refractivity (Wildman–Crippen MR) is 107 cm³/mol. The van der Waals surface area contributed by atoms with Crippen molar-refractivity contribution in [3.63, 3.8) is 0 Å². The molecular weight excluding hydrogens is 370 g/mol. The third-order valence-electron chi connectivity index (χ3n) is 3.82. The average Bonchev–Trinajstić information content (AvgIpc) is 3.04. The molecule has 26 heavy (non-hydrogen) atoms. The van der Waals surface area contributed by atoms with Gasteiger partial charge in [0, 0.05) is 29.5 Å². The van der Waals surface area contributed by atoms with Crippen molar-refractivity contribution < 1.29 is 9.59 Å². The summed E-state index contributed by atoms with van der Waals surface area (Å²) in [5.74, 6) is -0.320. The quantitative estimate of drug-likeness (QED) is 0.750. The van der Waals surface area contributed by atoms with Crippen LogP contribution in [-0.2, 0) is 11.3 Å². The third-order valence-corrected chi connectivity index (χ3v) is 5.07. The number of carbonyl (C=O) groups excluding carboxylic acids is 2. The molecule has 1 heterocycles. The van der Waals surface area contributed by atoms with Crippen molar-refractivity contribution in [2.45, 2.75) is 13.5 Å². The lowest BCUT2D eigenvalue weighted by molar-refractivity contribution is -0.130. The zero-order chi connectivity index (χ0) is 19.1. The number of halogens is 1. The summed E-state index contributed by atoms with van der Waals surface area (Å²) in [4.78, 5) is 30.3. The number of amides is 2. The van der Waals surface area contributed by atoms with Gasteiger partial charge in [0.25, 0.3) is 5.91 Å². The van der Waals surface area contributed by atoms with Gasteiger partial charge in [0.05, 0.1) is 11.4 Å². The smallest absolute Gasteiger partial charge is 0.261 e. The highest BCUT2D eigenvalue weighted by Crippen LogP contribution is 2.15. The Kier molecular flexibility index (Phi) is 7.63. The number of rotatable bonds is 8. The highest BCUT2D eigenvalue weighted by Gasteiger charge is 2.16. The number of aryl methyl sites for hydroxylation is 1. The van der Waals surface area contributed by atoms with Crippen LogP contribution in [0.3, 0.4) is 0 Å². The minimum Gasteiger partial charge on any atom is -0.342 e. The molecule has 1 N–H and O–H groups in total. The van der Waals surface area contributed by atoms with Crippen LogP contribution in [0.25, 0.3) is 0 Å². The van der Waals surface area contributed by atoms with Gasteiger partial charge in [-0.05, 0) is 50.8 Å². The second-order valence-electron chi connectivity index (χ2n) is 6.34. The van der Waals surface area contributed by atoms with Gasteiger partial charge in [0.15, 0.2) is 0 Å². The van der Waals surface area contributed by atoms with Crippen molar-refractivity contribution in [2.24, 2.45) is 0 Å². The number of nitrogens with zero attached hydrogens (tertiary/aromatic N) is 2. The fraction of sp³-hybridized carbons (Fsp3) is 0.368. The van der Waals surface area contributed by atoms with Gasteiger partial charge in [-0.1, -0.05) is 23.7 Å². The van der Waals surface area contributed by atoms with Gasteiger partial charge < -0.3 is 15.1 Å². The maximum absolute atomic E-state index is 12.6. The van der Waals surface area contributed by atoms with Crippen LogP contribution >= 0.6 is 22.9 Å². The van der Waals surface area contributed by atoms with E-state index < -0.39 is 0 Å². The van der Waals surface area contributed by atoms with Gasteiger partial charge >= 0.3 is 0 Å². The molecule has 0 saturated carbocycles. The Balaban J connectivity index is 1.97. The van der Waals surface area contributed by atoms with Crippen LogP contribution in [0.5, 0.6) is 0 Å². The van der Waals surface area contributed by atoms with Gasteiger partial charge in [-0.2, -0.15) is 0 Å². The third kappa shape index (κ3) is 6.44. The molecule has 2 amide bonds. The van der Waals surface area contributed by atoms with E-state index in [9.17, 15) is 9.59 Å². The molecule has 2 rings (SSSR count). The maximum atomic E-state index is 12.6. The largest absolute Gasteiger partial charge is 0.342 e. The second kappa shape index (κ2) is 9.71. The molecule has 1 aromatic carbocycles. The summed E-state index contributed by atoms with van der Waals surface area (Å²) in [6, 6.07) is 11.1. The Bertz CT molecular complexity index is 743. The minimum absolute atomic E-state index is 0.0171. The molecule has 0 fully saturated rings. The number of nitrogens with one attached hydrogen (secondary N) is 1. The van der Waals surface area contributed by atoms with Crippen LogP contribution in [0.15, 0.2) is 36.4 Å². The van der Waals surface area contributed by atoms with E-state index in [4.69, 9.17) is 11.6 Å². The molecule has 1 aromatic heterocycles. The molecule has 0 unspecified atom stereocenters. The van der Waals surface area contributed by atoms with Crippen molar-refractivity contribution in [3.05, 3.63) is 56.7 Å². The van der Waals surface area contributed by atoms with Gasteiger partial charge in [0.2, 0.25) is 5.91 Å². The summed E-state index contributed by atoms with van der Waals surface area (Å²) in [7, 11) is 3.93. The average molecular weight is 394 g/mol. The normalized spacial score (nSPS) is 10.8. The highest BCUT2D eigenvalue weighted by molar-refractivity contribution is 7.13. The summed E-state index contributed by atoms with van der Waals surface area (Å²) in [5.41, 5.74) is 1.00. The summed E-state index contributed by atoms with van der Waals surface area (Å²) < 4.78 is 0. The maximum Gasteiger partial charge on any atom is 0.261 e. The van der Waals surface area contributed by atoms with E-state index in [1.807, 2.05) is 56.3 Å². The van der Waals surface area contributed by atoms with E-state index in [-0.39, 0.29) is 18.4 Å². The van der Waals surface area contributed by atoms with E-state index in [1.54, 1.807) is 11.0 Å². The topological polar surface area (TPSA) is 52.7 Å². The number of hydrogen-bond donors (Lipinski definition) is 1. The summed E-state index contributed by atoms with van der Waals surface area (Å²) >= 11 is 7.34. The lowest BCUT2D eigenvalue weighted by Crippen LogP contribution is -2.42. The van der Waals surface area contributed by atoms with Gasteiger partial charge in [-0.15, -0.1) is 11.3 Å². The van der Waals surface area contributed by atoms with Gasteiger partial charge in [-0.25, -0.2) is 0 Å². The first-order valence-electron chi connectivity index (χ1n) is 8.36. The zero-order valence-electron chi connectivity index (χ0n) is 15.3. The van der Waals surface area contributed by atoms with E-state index in [1.165, 1.54) is 11.3 Å². The molecule has 5 nitrogen and oxygen atoms in total. The Morgan fingerprint density at radius 3 is 2.35 bits per heavy atom. The van der Waals surface area contributed by atoms with E-state index in [0.717, 1.165) is 17.0 Å². The molecule has 0 aliphatic rings. The van der Waals surface area contributed by atoms with Crippen molar-refractivity contribution >= 4 is 34.8 Å². The molecule has 0 bridgehead atoms. The molecule has 0 atom stereocenters. The van der Waals surface area contributed by atoms with E-state index >= 15 is 0 Å². The van der Waals surface area contributed by atoms with Crippen LogP contribution in [0.2, 0.25) is 5.02 Å². The molecule has 0 saturated heterocycles. The van der Waals surface area contributed by atoms with E-state index in [0.29, 0.717) is 23.0 Å². The first-order valence-corrected chi connectivity index (χ1v) is 9.56. The Labute approximate surface area is 163 Å². The number of thiophene rings is 1. The molecule has 0 spiro atoms. The zero-order valence-corrected chi connectivity index (χ0v) is 16.9. The molecular formula is C19H24ClN3O2S. The summed E-state index contributed by atoms with van der Waals surface area (Å²) in [5, 5.41) is 3.39. The fourth-order valence-corrected chi connectivity index (χ4v) is 3.24. The molecule has 0 aliphatic carbocycles. The van der Waals surface area contributed by atoms with E-state index in [2.05, 4.69) is 5.32 Å². The van der Waals surface area contributed by atoms with Crippen LogP contribution in [0, 0.1) is 6.92 Å². The Morgan fingerprint density at radius 1 is 1.08 bits per heavy atom. The molecule has 0 radical (unpaired) electrons. The number of carbonyl (C=O) groups is 2. The molecule has 7 heteroatoms. The standard InChI is InChI=1S/C19H24ClN3O2S/c1-14-4-9-17(26-14)19(25)21-12-18(24)23(11-10-22(2)3)13-15-5-7-16(20)8-6-15/h4-9H,10-13H2,1-3H3,(H,21,25). The number of hydrogen-bond acceptors (Lipinski definition) is 4. The molecule has 0 aliphatic heterocycles. The lowest BCUT2D eigenvalue weighted by Gasteiger charge is -2.25. The van der Waals surface area contributed by atoms with Crippen LogP contribution in [0.1, 0.15) is 20.1 Å². The van der Waals surface area contributed by atoms with Gasteiger partial charge in [0.1, 0.15) is 0 Å². The SMILES string of the molecule is Cc1ccc(C(=O)NCC(=O)N(CCN(C)C)Cc2ccc(Cl)cc2)s1. The number of benzene rings is 1. The monoisotopic (exact) mass is 393 g/mol. The Hall–Kier alpha value is -1.89. The minimum atomic E-state index is -0.212. The van der Waals surface area contributed by atoms with Crippen LogP contribution in [0.4, 0.5) is 0 Å². The lowest BCUT2D eigenvalue weighted by atomic mass is 10.2. The number of likely N-dealkylation sites (N-methyl/N-ethyl adjacent to an activating group) is 1.